The molecule has 0 atom stereocenters. The zero-order valence-corrected chi connectivity index (χ0v) is 15.4. The van der Waals surface area contributed by atoms with Gasteiger partial charge in [0.25, 0.3) is 0 Å². The summed E-state index contributed by atoms with van der Waals surface area (Å²) < 4.78 is 7.65. The number of carbonyl (C=O) groups excluding carboxylic acids is 1. The number of hydrogen-bond donors (Lipinski definition) is 0. The fourth-order valence-corrected chi connectivity index (χ4v) is 3.72. The maximum atomic E-state index is 12.4. The summed E-state index contributed by atoms with van der Waals surface area (Å²) in [5, 5.41) is 0.834. The van der Waals surface area contributed by atoms with Crippen molar-refractivity contribution in [3.63, 3.8) is 0 Å². The molecule has 0 aliphatic heterocycles. The van der Waals surface area contributed by atoms with Crippen LogP contribution in [0.4, 0.5) is 0 Å². The minimum atomic E-state index is -0.388. The summed E-state index contributed by atoms with van der Waals surface area (Å²) in [6.45, 7) is 0. The van der Waals surface area contributed by atoms with E-state index in [1.807, 2.05) is 54.6 Å². The van der Waals surface area contributed by atoms with Crippen LogP contribution in [0, 0.1) is 0 Å². The van der Waals surface area contributed by atoms with Gasteiger partial charge in [0.05, 0.1) is 21.3 Å². The molecule has 25 heavy (non-hydrogen) atoms. The molecule has 3 aromatic carbocycles. The van der Waals surface area contributed by atoms with Crippen molar-refractivity contribution < 1.29 is 9.53 Å². The number of carbonyl (C=O) groups is 1. The predicted molar refractivity (Wildman–Crippen MR) is 104 cm³/mol. The van der Waals surface area contributed by atoms with Crippen LogP contribution in [0.1, 0.15) is 10.4 Å². The van der Waals surface area contributed by atoms with Gasteiger partial charge in [-0.3, -0.25) is 0 Å². The first-order chi connectivity index (χ1) is 12.2. The second-order valence-corrected chi connectivity index (χ2v) is 7.33. The van der Waals surface area contributed by atoms with E-state index in [0.717, 1.165) is 25.3 Å². The van der Waals surface area contributed by atoms with Gasteiger partial charge in [0.1, 0.15) is 10.8 Å². The van der Waals surface area contributed by atoms with Gasteiger partial charge in [-0.2, -0.15) is 0 Å². The zero-order valence-electron chi connectivity index (χ0n) is 13.0. The second kappa shape index (κ2) is 6.78. The van der Waals surface area contributed by atoms with E-state index >= 15 is 0 Å². The molecule has 0 aliphatic rings. The summed E-state index contributed by atoms with van der Waals surface area (Å²) in [5.74, 6) is 0.121. The monoisotopic (exact) mass is 409 g/mol. The Morgan fingerprint density at radius 1 is 0.920 bits per heavy atom. The van der Waals surface area contributed by atoms with Crippen molar-refractivity contribution in [2.24, 2.45) is 0 Å². The number of halogens is 1. The molecule has 1 heterocycles. The van der Waals surface area contributed by atoms with Crippen LogP contribution in [-0.4, -0.2) is 11.0 Å². The molecule has 1 aromatic heterocycles. The molecule has 4 aromatic rings. The van der Waals surface area contributed by atoms with Gasteiger partial charge in [0.15, 0.2) is 0 Å². The van der Waals surface area contributed by atoms with E-state index in [2.05, 4.69) is 20.9 Å². The van der Waals surface area contributed by atoms with Crippen molar-refractivity contribution in [3.05, 3.63) is 82.8 Å². The Morgan fingerprint density at radius 3 is 2.44 bits per heavy atom. The van der Waals surface area contributed by atoms with Gasteiger partial charge in [0, 0.05) is 4.47 Å². The number of rotatable bonds is 3. The number of esters is 1. The molecule has 4 rings (SSSR count). The van der Waals surface area contributed by atoms with Gasteiger partial charge in [-0.25, -0.2) is 9.78 Å². The van der Waals surface area contributed by atoms with Crippen LogP contribution in [0.15, 0.2) is 77.3 Å². The maximum Gasteiger partial charge on any atom is 0.343 e. The molecule has 122 valence electrons. The molecular weight excluding hydrogens is 398 g/mol. The number of para-hydroxylation sites is 2. The van der Waals surface area contributed by atoms with Crippen molar-refractivity contribution in [1.82, 2.24) is 4.98 Å². The molecule has 0 fully saturated rings. The average Bonchev–Trinajstić information content (AvgIpc) is 3.06. The molecule has 3 nitrogen and oxygen atoms in total. The lowest BCUT2D eigenvalue weighted by Crippen LogP contribution is -2.08. The summed E-state index contributed by atoms with van der Waals surface area (Å²) >= 11 is 4.94. The highest BCUT2D eigenvalue weighted by atomic mass is 79.9. The predicted octanol–water partition coefficient (Wildman–Crippen LogP) is 5.95. The molecule has 0 aliphatic carbocycles. The number of fused-ring (bicyclic) bond motifs is 1. The number of nitrogens with zero attached hydrogens (tertiary/aromatic N) is 1. The van der Waals surface area contributed by atoms with Crippen LogP contribution < -0.4 is 4.74 Å². The van der Waals surface area contributed by atoms with E-state index in [4.69, 9.17) is 4.74 Å². The highest BCUT2D eigenvalue weighted by Crippen LogP contribution is 2.35. The summed E-state index contributed by atoms with van der Waals surface area (Å²) in [7, 11) is 0. The number of aromatic nitrogens is 1. The number of hydrogen-bond acceptors (Lipinski definition) is 4. The minimum absolute atomic E-state index is 0.388. The highest BCUT2D eigenvalue weighted by molar-refractivity contribution is 9.10. The van der Waals surface area contributed by atoms with Crippen molar-refractivity contribution in [2.75, 3.05) is 0 Å². The largest absolute Gasteiger partial charge is 0.422 e. The molecule has 0 spiro atoms. The second-order valence-electron chi connectivity index (χ2n) is 5.38. The molecule has 0 bridgehead atoms. The first-order valence-electron chi connectivity index (χ1n) is 7.63. The first-order valence-corrected chi connectivity index (χ1v) is 9.24. The van der Waals surface area contributed by atoms with Gasteiger partial charge in [-0.1, -0.05) is 40.2 Å². The molecule has 0 amide bonds. The van der Waals surface area contributed by atoms with Gasteiger partial charge in [0.2, 0.25) is 0 Å². The quantitative estimate of drug-likeness (QED) is 0.310. The fraction of sp³-hybridized carbons (Fsp3) is 0. The summed E-state index contributed by atoms with van der Waals surface area (Å²) in [5.41, 5.74) is 2.26. The van der Waals surface area contributed by atoms with Crippen LogP contribution >= 0.6 is 27.3 Å². The Bertz CT molecular complexity index is 1020. The van der Waals surface area contributed by atoms with Crippen LogP contribution in [0.3, 0.4) is 0 Å². The molecule has 0 saturated heterocycles. The normalized spacial score (nSPS) is 10.8. The van der Waals surface area contributed by atoms with Crippen molar-refractivity contribution in [3.8, 4) is 16.3 Å². The van der Waals surface area contributed by atoms with Gasteiger partial charge >= 0.3 is 5.97 Å². The first kappa shape index (κ1) is 16.0. The van der Waals surface area contributed by atoms with Crippen LogP contribution in [0.2, 0.25) is 0 Å². The van der Waals surface area contributed by atoms with Crippen molar-refractivity contribution in [1.29, 1.82) is 0 Å². The summed E-state index contributed by atoms with van der Waals surface area (Å²) in [4.78, 5) is 17.1. The lowest BCUT2D eigenvalue weighted by atomic mass is 10.2. The minimum Gasteiger partial charge on any atom is -0.422 e. The topological polar surface area (TPSA) is 39.2 Å². The van der Waals surface area contributed by atoms with Gasteiger partial charge < -0.3 is 4.74 Å². The highest BCUT2D eigenvalue weighted by Gasteiger charge is 2.15. The third kappa shape index (κ3) is 3.34. The van der Waals surface area contributed by atoms with E-state index in [0.29, 0.717) is 11.3 Å². The van der Waals surface area contributed by atoms with E-state index in [-0.39, 0.29) is 5.97 Å². The molecule has 0 radical (unpaired) electrons. The third-order valence-corrected chi connectivity index (χ3v) is 5.29. The zero-order chi connectivity index (χ0) is 17.2. The Hall–Kier alpha value is -2.50. The molecule has 0 saturated carbocycles. The lowest BCUT2D eigenvalue weighted by molar-refractivity contribution is 0.0735. The Balaban J connectivity index is 1.69. The van der Waals surface area contributed by atoms with E-state index in [1.165, 1.54) is 0 Å². The van der Waals surface area contributed by atoms with E-state index in [1.54, 1.807) is 29.5 Å². The summed E-state index contributed by atoms with van der Waals surface area (Å²) in [6.07, 6.45) is 0. The van der Waals surface area contributed by atoms with Gasteiger partial charge in [-0.05, 0) is 48.5 Å². The Kier molecular flexibility index (Phi) is 4.34. The number of ether oxygens (including phenoxy) is 1. The van der Waals surface area contributed by atoms with Crippen LogP contribution in [0.5, 0.6) is 5.75 Å². The Morgan fingerprint density at radius 2 is 1.64 bits per heavy atom. The van der Waals surface area contributed by atoms with Crippen molar-refractivity contribution in [2.45, 2.75) is 0 Å². The van der Waals surface area contributed by atoms with Crippen LogP contribution in [0.25, 0.3) is 20.8 Å². The summed E-state index contributed by atoms with van der Waals surface area (Å²) in [6, 6.07) is 22.5. The molecule has 0 unspecified atom stereocenters. The molecule has 0 N–H and O–H groups in total. The number of thiazole rings is 1. The number of benzene rings is 3. The smallest absolute Gasteiger partial charge is 0.343 e. The van der Waals surface area contributed by atoms with E-state index < -0.39 is 0 Å². The standard InChI is InChI=1S/C20H12BrNO2S/c21-14-11-9-13(10-12-14)20(23)24-17-7-3-1-5-15(17)19-22-16-6-2-4-8-18(16)25-19/h1-12H. The fourth-order valence-electron chi connectivity index (χ4n) is 2.46. The maximum absolute atomic E-state index is 12.4. The molecular formula is C20H12BrNO2S. The Labute approximate surface area is 157 Å². The molecule has 5 heteroatoms. The SMILES string of the molecule is O=C(Oc1ccccc1-c1nc2ccccc2s1)c1ccc(Br)cc1. The van der Waals surface area contributed by atoms with E-state index in [9.17, 15) is 4.79 Å². The lowest BCUT2D eigenvalue weighted by Gasteiger charge is -2.08. The average molecular weight is 410 g/mol. The van der Waals surface area contributed by atoms with Crippen molar-refractivity contribution >= 4 is 43.5 Å². The van der Waals surface area contributed by atoms with Gasteiger partial charge in [-0.15, -0.1) is 11.3 Å². The third-order valence-electron chi connectivity index (χ3n) is 3.69. The van der Waals surface area contributed by atoms with Crippen LogP contribution in [-0.2, 0) is 0 Å².